The van der Waals surface area contributed by atoms with Crippen LogP contribution in [-0.2, 0) is 0 Å². The SMILES string of the molecule is O[C@@H](CCCC[Se]c1ccccc1)c1ccco1. The Bertz CT molecular complexity index is 425. The molecular formula is C15H18O2Se. The van der Waals surface area contributed by atoms with Crippen molar-refractivity contribution in [3.8, 4) is 0 Å². The second-order valence-electron chi connectivity index (χ2n) is 4.19. The summed E-state index contributed by atoms with van der Waals surface area (Å²) < 4.78 is 6.63. The van der Waals surface area contributed by atoms with E-state index in [9.17, 15) is 5.11 Å². The molecule has 0 radical (unpaired) electrons. The van der Waals surface area contributed by atoms with Crippen LogP contribution in [0.2, 0.25) is 5.32 Å². The third kappa shape index (κ3) is 4.34. The zero-order valence-electron chi connectivity index (χ0n) is 10.3. The van der Waals surface area contributed by atoms with Gasteiger partial charge in [0.25, 0.3) is 0 Å². The van der Waals surface area contributed by atoms with Gasteiger partial charge in [-0.2, -0.15) is 0 Å². The third-order valence-corrected chi connectivity index (χ3v) is 5.06. The number of hydrogen-bond donors (Lipinski definition) is 1. The molecule has 1 aromatic carbocycles. The molecule has 3 heteroatoms. The first-order chi connectivity index (χ1) is 8.86. The minimum atomic E-state index is -0.441. The summed E-state index contributed by atoms with van der Waals surface area (Å²) in [6.07, 6.45) is 4.18. The molecule has 18 heavy (non-hydrogen) atoms. The fourth-order valence-electron chi connectivity index (χ4n) is 1.77. The molecule has 0 saturated heterocycles. The van der Waals surface area contributed by atoms with Crippen molar-refractivity contribution >= 4 is 19.4 Å². The summed E-state index contributed by atoms with van der Waals surface area (Å²) in [6.45, 7) is 0. The summed E-state index contributed by atoms with van der Waals surface area (Å²) in [5, 5.41) is 11.1. The molecule has 1 heterocycles. The average molecular weight is 309 g/mol. The van der Waals surface area contributed by atoms with Crippen LogP contribution in [0.4, 0.5) is 0 Å². The number of aliphatic hydroxyl groups excluding tert-OH is 1. The first kappa shape index (κ1) is 13.4. The third-order valence-electron chi connectivity index (χ3n) is 2.76. The number of unbranched alkanes of at least 4 members (excludes halogenated alkanes) is 1. The van der Waals surface area contributed by atoms with E-state index in [0.717, 1.165) is 12.8 Å². The summed E-state index contributed by atoms with van der Waals surface area (Å²) >= 11 is 0.566. The Morgan fingerprint density at radius 2 is 1.89 bits per heavy atom. The van der Waals surface area contributed by atoms with Crippen molar-refractivity contribution in [2.75, 3.05) is 0 Å². The number of hydrogen-bond acceptors (Lipinski definition) is 2. The van der Waals surface area contributed by atoms with Gasteiger partial charge in [-0.3, -0.25) is 0 Å². The normalized spacial score (nSPS) is 12.5. The van der Waals surface area contributed by atoms with Crippen LogP contribution in [0.15, 0.2) is 53.1 Å². The maximum atomic E-state index is 9.84. The Kier molecular flexibility index (Phi) is 5.53. The van der Waals surface area contributed by atoms with Crippen molar-refractivity contribution in [1.82, 2.24) is 0 Å². The van der Waals surface area contributed by atoms with Crippen LogP contribution in [0.1, 0.15) is 31.1 Å². The van der Waals surface area contributed by atoms with Crippen LogP contribution in [-0.4, -0.2) is 20.1 Å². The van der Waals surface area contributed by atoms with Gasteiger partial charge >= 0.3 is 114 Å². The van der Waals surface area contributed by atoms with Crippen molar-refractivity contribution in [2.24, 2.45) is 0 Å². The van der Waals surface area contributed by atoms with Crippen molar-refractivity contribution < 1.29 is 9.52 Å². The van der Waals surface area contributed by atoms with E-state index in [2.05, 4.69) is 30.3 Å². The molecular weight excluding hydrogens is 291 g/mol. The van der Waals surface area contributed by atoms with Gasteiger partial charge in [0.05, 0.1) is 0 Å². The molecule has 2 rings (SSSR count). The molecule has 0 bridgehead atoms. The molecule has 0 aliphatic rings. The van der Waals surface area contributed by atoms with Gasteiger partial charge in [0.2, 0.25) is 0 Å². The van der Waals surface area contributed by atoms with Crippen LogP contribution < -0.4 is 4.46 Å². The molecule has 0 aliphatic heterocycles. The summed E-state index contributed by atoms with van der Waals surface area (Å²) in [6, 6.07) is 14.3. The number of rotatable bonds is 7. The molecule has 1 atom stereocenters. The molecule has 0 aliphatic carbocycles. The van der Waals surface area contributed by atoms with E-state index >= 15 is 0 Å². The Morgan fingerprint density at radius 3 is 2.61 bits per heavy atom. The summed E-state index contributed by atoms with van der Waals surface area (Å²) in [5.74, 6) is 0.684. The van der Waals surface area contributed by atoms with Crippen LogP contribution in [0.3, 0.4) is 0 Å². The molecule has 0 unspecified atom stereocenters. The predicted octanol–water partition coefficient (Wildman–Crippen LogP) is 2.93. The quantitative estimate of drug-likeness (QED) is 0.630. The summed E-state index contributed by atoms with van der Waals surface area (Å²) in [4.78, 5) is 0. The molecule has 0 fully saturated rings. The van der Waals surface area contributed by atoms with Crippen LogP contribution in [0.25, 0.3) is 0 Å². The molecule has 2 aromatic rings. The van der Waals surface area contributed by atoms with E-state index in [1.807, 2.05) is 12.1 Å². The molecule has 0 spiro atoms. The Hall–Kier alpha value is -1.02. The topological polar surface area (TPSA) is 33.4 Å². The van der Waals surface area contributed by atoms with Gasteiger partial charge < -0.3 is 0 Å². The van der Waals surface area contributed by atoms with Gasteiger partial charge in [-0.05, 0) is 0 Å². The van der Waals surface area contributed by atoms with Gasteiger partial charge in [-0.25, -0.2) is 0 Å². The maximum absolute atomic E-state index is 9.84. The average Bonchev–Trinajstić information content (AvgIpc) is 2.93. The first-order valence-electron chi connectivity index (χ1n) is 6.25. The monoisotopic (exact) mass is 310 g/mol. The standard InChI is InChI=1S/C15H18O2Se/c16-14(15-10-6-11-17-15)9-4-5-12-18-13-7-2-1-3-8-13/h1-3,6-8,10-11,14,16H,4-5,9,12H2/t14-/m0/s1. The van der Waals surface area contributed by atoms with E-state index < -0.39 is 6.10 Å². The van der Waals surface area contributed by atoms with Crippen molar-refractivity contribution in [1.29, 1.82) is 0 Å². The molecule has 96 valence electrons. The van der Waals surface area contributed by atoms with Crippen LogP contribution >= 0.6 is 0 Å². The van der Waals surface area contributed by atoms with E-state index in [0.29, 0.717) is 20.7 Å². The summed E-state index contributed by atoms with van der Waals surface area (Å²) in [7, 11) is 0. The Labute approximate surface area is 114 Å². The zero-order valence-corrected chi connectivity index (χ0v) is 12.0. The van der Waals surface area contributed by atoms with Gasteiger partial charge in [-0.15, -0.1) is 0 Å². The van der Waals surface area contributed by atoms with E-state index in [1.54, 1.807) is 6.26 Å². The van der Waals surface area contributed by atoms with Gasteiger partial charge in [0.15, 0.2) is 0 Å². The molecule has 0 saturated carbocycles. The number of aliphatic hydroxyl groups is 1. The van der Waals surface area contributed by atoms with Crippen molar-refractivity contribution in [3.63, 3.8) is 0 Å². The molecule has 1 aromatic heterocycles. The van der Waals surface area contributed by atoms with Crippen molar-refractivity contribution in [2.45, 2.75) is 30.7 Å². The van der Waals surface area contributed by atoms with E-state index in [-0.39, 0.29) is 0 Å². The predicted molar refractivity (Wildman–Crippen MR) is 74.2 cm³/mol. The number of furan rings is 1. The zero-order chi connectivity index (χ0) is 12.6. The fraction of sp³-hybridized carbons (Fsp3) is 0.333. The summed E-state index contributed by atoms with van der Waals surface area (Å²) in [5.41, 5.74) is 0. The molecule has 2 nitrogen and oxygen atoms in total. The van der Waals surface area contributed by atoms with Gasteiger partial charge in [0, 0.05) is 0 Å². The minimum absolute atomic E-state index is 0.441. The second-order valence-corrected chi connectivity index (χ2v) is 6.64. The molecule has 1 N–H and O–H groups in total. The van der Waals surface area contributed by atoms with E-state index in [1.165, 1.54) is 16.2 Å². The van der Waals surface area contributed by atoms with Crippen LogP contribution in [0, 0.1) is 0 Å². The fourth-order valence-corrected chi connectivity index (χ4v) is 3.73. The Morgan fingerprint density at radius 1 is 1.06 bits per heavy atom. The Balaban J connectivity index is 1.59. The second kappa shape index (κ2) is 7.42. The van der Waals surface area contributed by atoms with E-state index in [4.69, 9.17) is 4.42 Å². The molecule has 0 amide bonds. The first-order valence-corrected chi connectivity index (χ1v) is 8.32. The number of benzene rings is 1. The van der Waals surface area contributed by atoms with Gasteiger partial charge in [0.1, 0.15) is 0 Å². The van der Waals surface area contributed by atoms with Gasteiger partial charge in [-0.1, -0.05) is 0 Å². The van der Waals surface area contributed by atoms with Crippen molar-refractivity contribution in [3.05, 3.63) is 54.5 Å². The van der Waals surface area contributed by atoms with Crippen LogP contribution in [0.5, 0.6) is 0 Å².